The minimum atomic E-state index is -0.815. The van der Waals surface area contributed by atoms with Gasteiger partial charge in [0.15, 0.2) is 0 Å². The lowest BCUT2D eigenvalue weighted by atomic mass is 9.99. The zero-order chi connectivity index (χ0) is 15.3. The number of ether oxygens (including phenoxy) is 1. The number of alkyl carbamates (subject to hydrolysis) is 1. The number of rotatable bonds is 5. The van der Waals surface area contributed by atoms with Crippen LogP contribution >= 0.6 is 11.3 Å². The van der Waals surface area contributed by atoms with E-state index < -0.39 is 23.8 Å². The average molecular weight is 300 g/mol. The zero-order valence-electron chi connectivity index (χ0n) is 12.7. The highest BCUT2D eigenvalue weighted by Crippen LogP contribution is 2.23. The van der Waals surface area contributed by atoms with Crippen molar-refractivity contribution in [1.82, 2.24) is 10.3 Å². The van der Waals surface area contributed by atoms with Crippen LogP contribution in [0.1, 0.15) is 52.2 Å². The number of aliphatic hydroxyl groups excluding tert-OH is 1. The Balaban J connectivity index is 2.72. The predicted octanol–water partition coefficient (Wildman–Crippen LogP) is 3.12. The summed E-state index contributed by atoms with van der Waals surface area (Å²) in [7, 11) is 0. The minimum absolute atomic E-state index is 0.338. The first-order valence-corrected chi connectivity index (χ1v) is 7.64. The topological polar surface area (TPSA) is 71.5 Å². The van der Waals surface area contributed by atoms with Crippen LogP contribution in [0.5, 0.6) is 0 Å². The molecule has 0 fully saturated rings. The van der Waals surface area contributed by atoms with Crippen LogP contribution in [-0.4, -0.2) is 27.8 Å². The fraction of sp³-hybridized carbons (Fsp3) is 0.714. The summed E-state index contributed by atoms with van der Waals surface area (Å²) in [6, 6.07) is -0.406. The standard InChI is InChI=1S/C14H24N2O3S/c1-9(2)8-10(11(17)12-15-6-7-20-12)16-13(18)19-14(3,4)5/h6-7,9-11,17H,8H2,1-5H3,(H,16,18)/t10-,11+/m1/s1. The van der Waals surface area contributed by atoms with E-state index in [1.807, 2.05) is 13.8 Å². The van der Waals surface area contributed by atoms with Crippen molar-refractivity contribution in [2.45, 2.75) is 58.8 Å². The van der Waals surface area contributed by atoms with Gasteiger partial charge >= 0.3 is 6.09 Å². The Morgan fingerprint density at radius 1 is 1.50 bits per heavy atom. The summed E-state index contributed by atoms with van der Waals surface area (Å²) in [5.41, 5.74) is -0.557. The largest absolute Gasteiger partial charge is 0.444 e. The van der Waals surface area contributed by atoms with E-state index in [2.05, 4.69) is 10.3 Å². The van der Waals surface area contributed by atoms with Crippen molar-refractivity contribution in [3.63, 3.8) is 0 Å². The first-order valence-electron chi connectivity index (χ1n) is 6.76. The van der Waals surface area contributed by atoms with Crippen LogP contribution in [0.15, 0.2) is 11.6 Å². The summed E-state index contributed by atoms with van der Waals surface area (Å²) in [6.45, 7) is 9.50. The molecule has 1 heterocycles. The molecule has 0 aliphatic heterocycles. The van der Waals surface area contributed by atoms with Crippen molar-refractivity contribution >= 4 is 17.4 Å². The third kappa shape index (κ3) is 5.88. The molecule has 6 heteroatoms. The number of hydrogen-bond donors (Lipinski definition) is 2. The van der Waals surface area contributed by atoms with Gasteiger partial charge in [0.25, 0.3) is 0 Å². The highest BCUT2D eigenvalue weighted by molar-refractivity contribution is 7.09. The maximum Gasteiger partial charge on any atom is 0.407 e. The maximum atomic E-state index is 11.9. The third-order valence-electron chi connectivity index (χ3n) is 2.51. The number of hydrogen-bond acceptors (Lipinski definition) is 5. The van der Waals surface area contributed by atoms with Crippen molar-refractivity contribution in [3.8, 4) is 0 Å². The summed E-state index contributed by atoms with van der Waals surface area (Å²) >= 11 is 1.37. The van der Waals surface area contributed by atoms with Crippen LogP contribution in [0.3, 0.4) is 0 Å². The summed E-state index contributed by atoms with van der Waals surface area (Å²) in [5.74, 6) is 0.338. The number of nitrogens with one attached hydrogen (secondary N) is 1. The van der Waals surface area contributed by atoms with Gasteiger partial charge in [0.2, 0.25) is 0 Å². The number of aliphatic hydroxyl groups is 1. The van der Waals surface area contributed by atoms with E-state index in [0.29, 0.717) is 17.3 Å². The number of amides is 1. The van der Waals surface area contributed by atoms with Gasteiger partial charge in [-0.25, -0.2) is 9.78 Å². The van der Waals surface area contributed by atoms with E-state index in [1.165, 1.54) is 11.3 Å². The number of carbonyl (C=O) groups is 1. The highest BCUT2D eigenvalue weighted by Gasteiger charge is 2.27. The van der Waals surface area contributed by atoms with Crippen LogP contribution in [-0.2, 0) is 4.74 Å². The second-order valence-corrected chi connectivity index (χ2v) is 7.12. The molecular formula is C14H24N2O3S. The lowest BCUT2D eigenvalue weighted by Crippen LogP contribution is -2.43. The number of carbonyl (C=O) groups excluding carboxylic acids is 1. The van der Waals surface area contributed by atoms with Gasteiger partial charge in [0.05, 0.1) is 6.04 Å². The Morgan fingerprint density at radius 3 is 2.60 bits per heavy atom. The molecule has 2 N–H and O–H groups in total. The molecule has 114 valence electrons. The lowest BCUT2D eigenvalue weighted by molar-refractivity contribution is 0.0402. The fourth-order valence-electron chi connectivity index (χ4n) is 1.79. The normalized spacial score (nSPS) is 14.9. The van der Waals surface area contributed by atoms with Crippen LogP contribution in [0.2, 0.25) is 0 Å². The minimum Gasteiger partial charge on any atom is -0.444 e. The molecule has 0 aliphatic rings. The predicted molar refractivity (Wildman–Crippen MR) is 79.7 cm³/mol. The number of thiazole rings is 1. The first kappa shape index (κ1) is 16.9. The second kappa shape index (κ2) is 7.04. The Morgan fingerprint density at radius 2 is 2.15 bits per heavy atom. The van der Waals surface area contributed by atoms with E-state index in [1.54, 1.807) is 32.3 Å². The molecule has 0 unspecified atom stereocenters. The molecule has 1 amide bonds. The maximum absolute atomic E-state index is 11.9. The zero-order valence-corrected chi connectivity index (χ0v) is 13.5. The molecule has 0 aromatic carbocycles. The van der Waals surface area contributed by atoms with Crippen molar-refractivity contribution in [2.24, 2.45) is 5.92 Å². The Bertz CT molecular complexity index is 413. The molecule has 0 saturated heterocycles. The van der Waals surface area contributed by atoms with Gasteiger partial charge in [-0.05, 0) is 33.1 Å². The van der Waals surface area contributed by atoms with E-state index in [9.17, 15) is 9.90 Å². The molecule has 0 bridgehead atoms. The van der Waals surface area contributed by atoms with Crippen LogP contribution < -0.4 is 5.32 Å². The van der Waals surface area contributed by atoms with Crippen LogP contribution in [0.25, 0.3) is 0 Å². The van der Waals surface area contributed by atoms with Gasteiger partial charge in [-0.15, -0.1) is 11.3 Å². The molecule has 20 heavy (non-hydrogen) atoms. The molecule has 1 aromatic rings. The second-order valence-electron chi connectivity index (χ2n) is 6.20. The van der Waals surface area contributed by atoms with E-state index in [0.717, 1.165) is 0 Å². The molecular weight excluding hydrogens is 276 g/mol. The molecule has 1 aromatic heterocycles. The van der Waals surface area contributed by atoms with Gasteiger partial charge in [-0.1, -0.05) is 13.8 Å². The molecule has 0 saturated carbocycles. The van der Waals surface area contributed by atoms with Gasteiger partial charge in [0.1, 0.15) is 16.7 Å². The van der Waals surface area contributed by atoms with E-state index >= 15 is 0 Å². The molecule has 0 aliphatic carbocycles. The monoisotopic (exact) mass is 300 g/mol. The van der Waals surface area contributed by atoms with Crippen LogP contribution in [0, 0.1) is 5.92 Å². The van der Waals surface area contributed by atoms with Gasteiger partial charge < -0.3 is 15.2 Å². The van der Waals surface area contributed by atoms with Crippen LogP contribution in [0.4, 0.5) is 4.79 Å². The number of nitrogens with zero attached hydrogens (tertiary/aromatic N) is 1. The van der Waals surface area contributed by atoms with Gasteiger partial charge in [0, 0.05) is 11.6 Å². The molecule has 5 nitrogen and oxygen atoms in total. The molecule has 2 atom stereocenters. The van der Waals surface area contributed by atoms with E-state index in [-0.39, 0.29) is 0 Å². The molecule has 0 radical (unpaired) electrons. The van der Waals surface area contributed by atoms with Crippen molar-refractivity contribution in [2.75, 3.05) is 0 Å². The third-order valence-corrected chi connectivity index (χ3v) is 3.36. The van der Waals surface area contributed by atoms with Crippen molar-refractivity contribution in [3.05, 3.63) is 16.6 Å². The van der Waals surface area contributed by atoms with E-state index in [4.69, 9.17) is 4.74 Å². The first-order chi connectivity index (χ1) is 9.19. The quantitative estimate of drug-likeness (QED) is 0.876. The fourth-order valence-corrected chi connectivity index (χ4v) is 2.47. The summed E-state index contributed by atoms with van der Waals surface area (Å²) in [5, 5.41) is 15.5. The Kier molecular flexibility index (Phi) is 5.95. The Labute approximate surface area is 124 Å². The summed E-state index contributed by atoms with van der Waals surface area (Å²) < 4.78 is 5.24. The van der Waals surface area contributed by atoms with Gasteiger partial charge in [-0.2, -0.15) is 0 Å². The lowest BCUT2D eigenvalue weighted by Gasteiger charge is -2.27. The smallest absolute Gasteiger partial charge is 0.407 e. The highest BCUT2D eigenvalue weighted by atomic mass is 32.1. The Hall–Kier alpha value is -1.14. The number of aromatic nitrogens is 1. The molecule has 0 spiro atoms. The van der Waals surface area contributed by atoms with Crippen molar-refractivity contribution in [1.29, 1.82) is 0 Å². The molecule has 1 rings (SSSR count). The summed E-state index contributed by atoms with van der Waals surface area (Å²) in [4.78, 5) is 16.0. The summed E-state index contributed by atoms with van der Waals surface area (Å²) in [6.07, 6.45) is 0.965. The SMILES string of the molecule is CC(C)C[C@@H](NC(=O)OC(C)(C)C)[C@H](O)c1nccs1. The van der Waals surface area contributed by atoms with Gasteiger partial charge in [-0.3, -0.25) is 0 Å². The van der Waals surface area contributed by atoms with Crippen molar-refractivity contribution < 1.29 is 14.6 Å². The average Bonchev–Trinajstić information content (AvgIpc) is 2.76.